The summed E-state index contributed by atoms with van der Waals surface area (Å²) in [6, 6.07) is 11.7. The van der Waals surface area contributed by atoms with Gasteiger partial charge < -0.3 is 15.7 Å². The van der Waals surface area contributed by atoms with Crippen LogP contribution in [0.1, 0.15) is 25.1 Å². The van der Waals surface area contributed by atoms with E-state index in [1.165, 1.54) is 0 Å². The summed E-state index contributed by atoms with van der Waals surface area (Å²) in [5, 5.41) is 16.2. The Hall–Kier alpha value is -2.14. The van der Waals surface area contributed by atoms with E-state index in [9.17, 15) is 5.11 Å². The minimum Gasteiger partial charge on any atom is -0.394 e. The SMILES string of the molecule is CCNc1nc(C)cc(NC(C)(CO)c2ccccc2)n1. The number of hydrogen-bond acceptors (Lipinski definition) is 5. The molecule has 0 radical (unpaired) electrons. The van der Waals surface area contributed by atoms with Gasteiger partial charge in [-0.25, -0.2) is 4.98 Å². The number of hydrogen-bond donors (Lipinski definition) is 3. The molecule has 0 spiro atoms. The number of nitrogens with one attached hydrogen (secondary N) is 2. The maximum absolute atomic E-state index is 9.82. The van der Waals surface area contributed by atoms with Crippen LogP contribution in [0, 0.1) is 6.92 Å². The Labute approximate surface area is 125 Å². The predicted molar refractivity (Wildman–Crippen MR) is 85.4 cm³/mol. The Balaban J connectivity index is 2.30. The maximum atomic E-state index is 9.82. The van der Waals surface area contributed by atoms with Crippen molar-refractivity contribution in [1.82, 2.24) is 9.97 Å². The summed E-state index contributed by atoms with van der Waals surface area (Å²) < 4.78 is 0. The van der Waals surface area contributed by atoms with Crippen molar-refractivity contribution >= 4 is 11.8 Å². The van der Waals surface area contributed by atoms with E-state index in [-0.39, 0.29) is 6.61 Å². The van der Waals surface area contributed by atoms with E-state index in [0.29, 0.717) is 11.8 Å². The van der Waals surface area contributed by atoms with E-state index >= 15 is 0 Å². The minimum atomic E-state index is -0.592. The molecule has 0 aliphatic heterocycles. The highest BCUT2D eigenvalue weighted by Gasteiger charge is 2.26. The van der Waals surface area contributed by atoms with Crippen molar-refractivity contribution in [3.8, 4) is 0 Å². The van der Waals surface area contributed by atoms with Crippen LogP contribution in [0.5, 0.6) is 0 Å². The van der Waals surface area contributed by atoms with Crippen molar-refractivity contribution in [2.24, 2.45) is 0 Å². The zero-order chi connectivity index (χ0) is 15.3. The number of rotatable bonds is 6. The second-order valence-corrected chi connectivity index (χ2v) is 5.23. The molecule has 5 nitrogen and oxygen atoms in total. The number of aryl methyl sites for hydroxylation is 1. The van der Waals surface area contributed by atoms with Crippen molar-refractivity contribution in [1.29, 1.82) is 0 Å². The monoisotopic (exact) mass is 286 g/mol. The van der Waals surface area contributed by atoms with E-state index in [0.717, 1.165) is 17.8 Å². The first-order valence-electron chi connectivity index (χ1n) is 7.11. The fourth-order valence-corrected chi connectivity index (χ4v) is 2.16. The van der Waals surface area contributed by atoms with Gasteiger partial charge in [-0.05, 0) is 26.3 Å². The number of nitrogens with zero attached hydrogens (tertiary/aromatic N) is 2. The van der Waals surface area contributed by atoms with Gasteiger partial charge in [-0.15, -0.1) is 0 Å². The fourth-order valence-electron chi connectivity index (χ4n) is 2.16. The second kappa shape index (κ2) is 6.54. The molecule has 1 aromatic carbocycles. The molecule has 5 heteroatoms. The van der Waals surface area contributed by atoms with E-state index in [2.05, 4.69) is 20.6 Å². The van der Waals surface area contributed by atoms with Crippen LogP contribution in [-0.2, 0) is 5.54 Å². The van der Waals surface area contributed by atoms with Gasteiger partial charge in [0.05, 0.1) is 12.1 Å². The molecule has 1 aromatic heterocycles. The lowest BCUT2D eigenvalue weighted by Crippen LogP contribution is -2.36. The van der Waals surface area contributed by atoms with Crippen molar-refractivity contribution in [2.45, 2.75) is 26.3 Å². The summed E-state index contributed by atoms with van der Waals surface area (Å²) in [7, 11) is 0. The van der Waals surface area contributed by atoms with Crippen molar-refractivity contribution in [3.05, 3.63) is 47.7 Å². The molecule has 21 heavy (non-hydrogen) atoms. The van der Waals surface area contributed by atoms with Crippen molar-refractivity contribution in [2.75, 3.05) is 23.8 Å². The van der Waals surface area contributed by atoms with Gasteiger partial charge in [-0.1, -0.05) is 30.3 Å². The van der Waals surface area contributed by atoms with Crippen LogP contribution in [0.2, 0.25) is 0 Å². The smallest absolute Gasteiger partial charge is 0.224 e. The van der Waals surface area contributed by atoms with Gasteiger partial charge in [0.1, 0.15) is 5.82 Å². The van der Waals surface area contributed by atoms with Gasteiger partial charge in [-0.3, -0.25) is 0 Å². The highest BCUT2D eigenvalue weighted by atomic mass is 16.3. The van der Waals surface area contributed by atoms with Crippen LogP contribution in [-0.4, -0.2) is 28.2 Å². The average Bonchev–Trinajstić information content (AvgIpc) is 2.48. The first-order chi connectivity index (χ1) is 10.1. The molecular formula is C16H22N4O. The van der Waals surface area contributed by atoms with E-state index < -0.39 is 5.54 Å². The quantitative estimate of drug-likeness (QED) is 0.761. The topological polar surface area (TPSA) is 70.1 Å². The largest absolute Gasteiger partial charge is 0.394 e. The molecule has 0 fully saturated rings. The van der Waals surface area contributed by atoms with Crippen LogP contribution in [0.15, 0.2) is 36.4 Å². The third-order valence-electron chi connectivity index (χ3n) is 3.32. The zero-order valence-corrected chi connectivity index (χ0v) is 12.7. The fraction of sp³-hybridized carbons (Fsp3) is 0.375. The van der Waals surface area contributed by atoms with Crippen LogP contribution in [0.25, 0.3) is 0 Å². The molecular weight excluding hydrogens is 264 g/mol. The summed E-state index contributed by atoms with van der Waals surface area (Å²) >= 11 is 0. The predicted octanol–water partition coefficient (Wildman–Crippen LogP) is 2.54. The zero-order valence-electron chi connectivity index (χ0n) is 12.7. The highest BCUT2D eigenvalue weighted by molar-refractivity contribution is 5.46. The molecule has 112 valence electrons. The third-order valence-corrected chi connectivity index (χ3v) is 3.32. The number of benzene rings is 1. The first-order valence-corrected chi connectivity index (χ1v) is 7.11. The molecule has 2 rings (SSSR count). The van der Waals surface area contributed by atoms with E-state index in [1.54, 1.807) is 0 Å². The Bertz CT molecular complexity index is 588. The standard InChI is InChI=1S/C16H22N4O/c1-4-17-15-18-12(2)10-14(19-15)20-16(3,11-21)13-8-6-5-7-9-13/h5-10,21H,4,11H2,1-3H3,(H2,17,18,19,20). The lowest BCUT2D eigenvalue weighted by atomic mass is 9.93. The van der Waals surface area contributed by atoms with E-state index in [1.807, 2.05) is 57.2 Å². The second-order valence-electron chi connectivity index (χ2n) is 5.23. The van der Waals surface area contributed by atoms with Gasteiger partial charge in [0.15, 0.2) is 0 Å². The minimum absolute atomic E-state index is 0.0311. The molecule has 0 aliphatic rings. The van der Waals surface area contributed by atoms with Crippen LogP contribution in [0.4, 0.5) is 11.8 Å². The van der Waals surface area contributed by atoms with Crippen LogP contribution in [0.3, 0.4) is 0 Å². The molecule has 0 saturated heterocycles. The Morgan fingerprint density at radius 1 is 1.19 bits per heavy atom. The van der Waals surface area contributed by atoms with Crippen molar-refractivity contribution < 1.29 is 5.11 Å². The molecule has 0 bridgehead atoms. The Kier molecular flexibility index (Phi) is 4.75. The molecule has 3 N–H and O–H groups in total. The number of aromatic nitrogens is 2. The molecule has 1 atom stereocenters. The molecule has 0 aliphatic carbocycles. The van der Waals surface area contributed by atoms with Gasteiger partial charge in [-0.2, -0.15) is 4.98 Å². The number of aliphatic hydroxyl groups is 1. The molecule has 0 amide bonds. The third kappa shape index (κ3) is 3.70. The number of aliphatic hydroxyl groups excluding tert-OH is 1. The lowest BCUT2D eigenvalue weighted by molar-refractivity contribution is 0.223. The highest BCUT2D eigenvalue weighted by Crippen LogP contribution is 2.25. The molecule has 2 aromatic rings. The lowest BCUT2D eigenvalue weighted by Gasteiger charge is -2.30. The maximum Gasteiger partial charge on any atom is 0.224 e. The first kappa shape index (κ1) is 15.3. The molecule has 1 unspecified atom stereocenters. The summed E-state index contributed by atoms with van der Waals surface area (Å²) in [4.78, 5) is 8.76. The van der Waals surface area contributed by atoms with Gasteiger partial charge in [0, 0.05) is 18.3 Å². The normalized spacial score (nSPS) is 13.5. The van der Waals surface area contributed by atoms with Gasteiger partial charge >= 0.3 is 0 Å². The van der Waals surface area contributed by atoms with E-state index in [4.69, 9.17) is 0 Å². The molecule has 1 heterocycles. The summed E-state index contributed by atoms with van der Waals surface area (Å²) in [5.74, 6) is 1.28. The summed E-state index contributed by atoms with van der Waals surface area (Å²) in [6.45, 7) is 6.61. The van der Waals surface area contributed by atoms with Gasteiger partial charge in [0.25, 0.3) is 0 Å². The molecule has 0 saturated carbocycles. The Morgan fingerprint density at radius 3 is 2.52 bits per heavy atom. The summed E-state index contributed by atoms with van der Waals surface area (Å²) in [6.07, 6.45) is 0. The van der Waals surface area contributed by atoms with Crippen molar-refractivity contribution in [3.63, 3.8) is 0 Å². The average molecular weight is 286 g/mol. The number of anilines is 2. The van der Waals surface area contributed by atoms with Crippen LogP contribution >= 0.6 is 0 Å². The Morgan fingerprint density at radius 2 is 1.90 bits per heavy atom. The van der Waals surface area contributed by atoms with Gasteiger partial charge in [0.2, 0.25) is 5.95 Å². The van der Waals surface area contributed by atoms with Crippen LogP contribution < -0.4 is 10.6 Å². The summed E-state index contributed by atoms with van der Waals surface area (Å²) in [5.41, 5.74) is 1.29.